The van der Waals surface area contributed by atoms with Crippen LogP contribution < -0.4 is 15.7 Å². The maximum absolute atomic E-state index is 11.3. The van der Waals surface area contributed by atoms with Gasteiger partial charge < -0.3 is 15.5 Å². The van der Waals surface area contributed by atoms with E-state index < -0.39 is 11.0 Å². The van der Waals surface area contributed by atoms with Crippen molar-refractivity contribution in [2.45, 2.75) is 6.92 Å². The predicted molar refractivity (Wildman–Crippen MR) is 83.4 cm³/mol. The smallest absolute Gasteiger partial charge is 0.317 e. The minimum atomic E-state index is -1.03. The van der Waals surface area contributed by atoms with Gasteiger partial charge >= 0.3 is 5.09 Å². The third kappa shape index (κ3) is 3.99. The predicted octanol–water partition coefficient (Wildman–Crippen LogP) is 0.178. The zero-order valence-corrected chi connectivity index (χ0v) is 12.6. The van der Waals surface area contributed by atoms with Crippen molar-refractivity contribution >= 4 is 23.2 Å². The molecule has 10 nitrogen and oxygen atoms in total. The number of hydrogen-bond donors (Lipinski definition) is 2. The van der Waals surface area contributed by atoms with Crippen LogP contribution in [0.1, 0.15) is 6.92 Å². The van der Waals surface area contributed by atoms with Crippen LogP contribution in [0, 0.1) is 15.5 Å². The summed E-state index contributed by atoms with van der Waals surface area (Å²) in [6, 6.07) is 6.69. The normalized spacial score (nSPS) is 14.3. The van der Waals surface area contributed by atoms with Gasteiger partial charge in [-0.15, -0.1) is 15.2 Å². The van der Waals surface area contributed by atoms with Crippen LogP contribution in [0.15, 0.2) is 24.3 Å². The van der Waals surface area contributed by atoms with Gasteiger partial charge in [-0.05, 0) is 24.3 Å². The van der Waals surface area contributed by atoms with Gasteiger partial charge in [0.2, 0.25) is 11.9 Å². The van der Waals surface area contributed by atoms with Crippen molar-refractivity contribution in [3.8, 4) is 0 Å². The van der Waals surface area contributed by atoms with Gasteiger partial charge in [-0.3, -0.25) is 10.2 Å². The van der Waals surface area contributed by atoms with Crippen LogP contribution >= 0.6 is 0 Å². The van der Waals surface area contributed by atoms with Crippen molar-refractivity contribution in [2.24, 2.45) is 5.73 Å². The number of carbonyl (C=O) groups excluding carboxylic acids is 1. The number of guanidine groups is 1. The third-order valence-electron chi connectivity index (χ3n) is 3.54. The van der Waals surface area contributed by atoms with E-state index in [2.05, 4.69) is 9.84 Å². The molecule has 1 aromatic carbocycles. The fourth-order valence-electron chi connectivity index (χ4n) is 2.38. The largest absolute Gasteiger partial charge is 0.368 e. The number of rotatable bonds is 4. The van der Waals surface area contributed by atoms with E-state index in [1.807, 2.05) is 0 Å². The standard InChI is InChI=1S/C13H18N6O4/c1-10(20)16-6-8-17(9-7-16)11-2-4-12(5-3-11)18(13(14)15)23-19(21)22/h2-5H,6-9H2,1H3,(H3,14,15). The van der Waals surface area contributed by atoms with Crippen molar-refractivity contribution in [2.75, 3.05) is 36.1 Å². The van der Waals surface area contributed by atoms with Crippen LogP contribution in [-0.2, 0) is 9.73 Å². The molecule has 1 aliphatic rings. The van der Waals surface area contributed by atoms with E-state index in [-0.39, 0.29) is 11.6 Å². The van der Waals surface area contributed by atoms with E-state index in [9.17, 15) is 14.9 Å². The Labute approximate surface area is 132 Å². The minimum Gasteiger partial charge on any atom is -0.368 e. The lowest BCUT2D eigenvalue weighted by Crippen LogP contribution is -2.48. The average molecular weight is 322 g/mol. The van der Waals surface area contributed by atoms with E-state index in [0.717, 1.165) is 5.69 Å². The van der Waals surface area contributed by atoms with Gasteiger partial charge in [0.15, 0.2) is 0 Å². The van der Waals surface area contributed by atoms with E-state index in [1.54, 1.807) is 36.1 Å². The van der Waals surface area contributed by atoms with E-state index in [0.29, 0.717) is 31.2 Å². The second-order valence-electron chi connectivity index (χ2n) is 4.99. The highest BCUT2D eigenvalue weighted by Gasteiger charge is 2.19. The quantitative estimate of drug-likeness (QED) is 0.350. The first-order valence-electron chi connectivity index (χ1n) is 6.95. The molecule has 0 saturated carbocycles. The molecule has 1 heterocycles. The lowest BCUT2D eigenvalue weighted by molar-refractivity contribution is -0.758. The molecule has 0 aromatic heterocycles. The van der Waals surface area contributed by atoms with Crippen molar-refractivity contribution in [3.63, 3.8) is 0 Å². The summed E-state index contributed by atoms with van der Waals surface area (Å²) in [6.07, 6.45) is 0. The van der Waals surface area contributed by atoms with Crippen molar-refractivity contribution in [1.82, 2.24) is 4.90 Å². The molecular weight excluding hydrogens is 304 g/mol. The number of anilines is 2. The highest BCUT2D eigenvalue weighted by Crippen LogP contribution is 2.22. The van der Waals surface area contributed by atoms with Gasteiger partial charge in [0.25, 0.3) is 0 Å². The first-order chi connectivity index (χ1) is 10.9. The number of carbonyl (C=O) groups is 1. The molecule has 2 rings (SSSR count). The molecule has 3 N–H and O–H groups in total. The van der Waals surface area contributed by atoms with Crippen molar-refractivity contribution in [3.05, 3.63) is 34.4 Å². The van der Waals surface area contributed by atoms with Crippen LogP contribution in [0.5, 0.6) is 0 Å². The maximum atomic E-state index is 11.3. The van der Waals surface area contributed by atoms with Gasteiger partial charge in [0, 0.05) is 38.8 Å². The molecule has 0 atom stereocenters. The number of nitrogens with two attached hydrogens (primary N) is 1. The number of piperazine rings is 1. The molecule has 1 aliphatic heterocycles. The van der Waals surface area contributed by atoms with Gasteiger partial charge in [-0.2, -0.15) is 4.94 Å². The highest BCUT2D eigenvalue weighted by molar-refractivity contribution is 5.90. The minimum absolute atomic E-state index is 0.0639. The Morgan fingerprint density at radius 3 is 2.30 bits per heavy atom. The molecule has 124 valence electrons. The monoisotopic (exact) mass is 322 g/mol. The fraction of sp³-hybridized carbons (Fsp3) is 0.385. The third-order valence-corrected chi connectivity index (χ3v) is 3.54. The number of nitrogens with one attached hydrogen (secondary N) is 1. The van der Waals surface area contributed by atoms with E-state index in [4.69, 9.17) is 11.1 Å². The number of amides is 1. The second kappa shape index (κ2) is 6.81. The first kappa shape index (κ1) is 16.3. The molecule has 0 unspecified atom stereocenters. The Hall–Kier alpha value is -3.04. The van der Waals surface area contributed by atoms with Crippen LogP contribution in [0.25, 0.3) is 0 Å². The summed E-state index contributed by atoms with van der Waals surface area (Å²) >= 11 is 0. The summed E-state index contributed by atoms with van der Waals surface area (Å²) in [5.41, 5.74) is 6.47. The summed E-state index contributed by atoms with van der Waals surface area (Å²) in [7, 11) is 0. The van der Waals surface area contributed by atoms with E-state index in [1.165, 1.54) is 0 Å². The molecule has 23 heavy (non-hydrogen) atoms. The van der Waals surface area contributed by atoms with Crippen LogP contribution in [0.3, 0.4) is 0 Å². The molecule has 1 amide bonds. The topological polar surface area (TPSA) is 129 Å². The SMILES string of the molecule is CC(=O)N1CCN(c2ccc(N(O[N+](=O)[O-])C(=N)N)cc2)CC1. The number of nitrogens with zero attached hydrogens (tertiary/aromatic N) is 4. The molecule has 10 heteroatoms. The van der Waals surface area contributed by atoms with E-state index >= 15 is 0 Å². The summed E-state index contributed by atoms with van der Waals surface area (Å²) < 4.78 is 0. The Kier molecular flexibility index (Phi) is 4.84. The fourth-order valence-corrected chi connectivity index (χ4v) is 2.38. The summed E-state index contributed by atoms with van der Waals surface area (Å²) in [4.78, 5) is 29.9. The van der Waals surface area contributed by atoms with Gasteiger partial charge in [0.1, 0.15) is 0 Å². The first-order valence-corrected chi connectivity index (χ1v) is 6.95. The molecule has 1 fully saturated rings. The Bertz CT molecular complexity index is 597. The molecule has 1 saturated heterocycles. The molecule has 0 bridgehead atoms. The van der Waals surface area contributed by atoms with Crippen molar-refractivity contribution in [1.29, 1.82) is 5.41 Å². The average Bonchev–Trinajstić information content (AvgIpc) is 2.52. The molecule has 0 spiro atoms. The molecule has 1 aromatic rings. The van der Waals surface area contributed by atoms with Crippen LogP contribution in [-0.4, -0.2) is 48.0 Å². The Morgan fingerprint density at radius 2 is 1.87 bits per heavy atom. The van der Waals surface area contributed by atoms with Crippen molar-refractivity contribution < 1.29 is 14.8 Å². The van der Waals surface area contributed by atoms with Gasteiger partial charge in [-0.1, -0.05) is 0 Å². The molecule has 0 aliphatic carbocycles. The molecule has 0 radical (unpaired) electrons. The van der Waals surface area contributed by atoms with Gasteiger partial charge in [-0.25, -0.2) is 0 Å². The Balaban J connectivity index is 2.06. The number of hydroxylamine groups is 1. The number of benzene rings is 1. The maximum Gasteiger partial charge on any atom is 0.317 e. The van der Waals surface area contributed by atoms with Gasteiger partial charge in [0.05, 0.1) is 5.69 Å². The number of hydrogen-bond acceptors (Lipinski definition) is 6. The van der Waals surface area contributed by atoms with Crippen LogP contribution in [0.2, 0.25) is 0 Å². The zero-order chi connectivity index (χ0) is 17.0. The lowest BCUT2D eigenvalue weighted by Gasteiger charge is -2.35. The summed E-state index contributed by atoms with van der Waals surface area (Å²) in [5, 5.41) is 17.3. The lowest BCUT2D eigenvalue weighted by atomic mass is 10.2. The zero-order valence-electron chi connectivity index (χ0n) is 12.6. The molecular formula is C13H18N6O4. The summed E-state index contributed by atoms with van der Waals surface area (Å²) in [6.45, 7) is 4.28. The Morgan fingerprint density at radius 1 is 1.30 bits per heavy atom. The van der Waals surface area contributed by atoms with Crippen LogP contribution in [0.4, 0.5) is 11.4 Å². The second-order valence-corrected chi connectivity index (χ2v) is 4.99. The summed E-state index contributed by atoms with van der Waals surface area (Å²) in [5.74, 6) is -0.529. The highest BCUT2D eigenvalue weighted by atomic mass is 17.0.